The molecule has 5 aliphatic rings. The molecule has 0 saturated carbocycles. The van der Waals surface area contributed by atoms with E-state index in [1.54, 1.807) is 37.2 Å². The maximum absolute atomic E-state index is 7.69. The van der Waals surface area contributed by atoms with E-state index < -0.39 is 6.98 Å². The number of rotatable bonds is 9. The van der Waals surface area contributed by atoms with Crippen LogP contribution < -0.4 is 44.1 Å². The second-order valence-corrected chi connectivity index (χ2v) is 37.5. The van der Waals surface area contributed by atoms with Gasteiger partial charge in [0.15, 0.2) is 62.8 Å². The number of pyridine rings is 7. The molecule has 22 aromatic rings. The maximum Gasteiger partial charge on any atom is 0.227 e. The van der Waals surface area contributed by atoms with Crippen LogP contribution in [0.2, 0.25) is 0 Å². The van der Waals surface area contributed by atoms with E-state index in [1.807, 2.05) is 157 Å². The lowest BCUT2D eigenvalue weighted by Gasteiger charge is -2.32. The van der Waals surface area contributed by atoms with E-state index in [0.29, 0.717) is 34.6 Å². The first-order chi connectivity index (χ1) is 70.6. The van der Waals surface area contributed by atoms with Gasteiger partial charge in [0, 0.05) is 166 Å². The number of aromatic nitrogens is 11. The van der Waals surface area contributed by atoms with Gasteiger partial charge in [-0.15, -0.1) is 0 Å². The number of hydrogen-bond donors (Lipinski definition) is 0. The number of nitrogens with zero attached hydrogens (tertiary/aromatic N) is 21. The summed E-state index contributed by atoms with van der Waals surface area (Å²) in [5.41, 5.74) is 28.2. The summed E-state index contributed by atoms with van der Waals surface area (Å²) in [5, 5.41) is 10.4. The Morgan fingerprint density at radius 3 is 0.902 bits per heavy atom. The number of para-hydroxylation sites is 3. The molecule has 8 aromatic carbocycles. The molecule has 0 saturated heterocycles. The summed E-state index contributed by atoms with van der Waals surface area (Å²) in [5.74, 6) is 5.30. The van der Waals surface area contributed by atoms with Crippen LogP contribution in [-0.2, 0) is 0 Å². The van der Waals surface area contributed by atoms with Crippen molar-refractivity contribution >= 4 is 202 Å². The molecule has 14 aromatic heterocycles. The molecule has 5 unspecified atom stereocenters. The molecule has 0 spiro atoms. The molecule has 0 fully saturated rings. The summed E-state index contributed by atoms with van der Waals surface area (Å²) in [6.07, 6.45) is 13.9. The van der Waals surface area contributed by atoms with Crippen LogP contribution in [0, 0.1) is 69.2 Å². The van der Waals surface area contributed by atoms with Gasteiger partial charge in [-0.1, -0.05) is 115 Å². The van der Waals surface area contributed by atoms with Crippen LogP contribution in [0.4, 0.5) is 91.8 Å². The topological polar surface area (TPSA) is 240 Å². The van der Waals surface area contributed by atoms with E-state index in [-0.39, 0.29) is 30.8 Å². The number of anilines is 16. The summed E-state index contributed by atoms with van der Waals surface area (Å²) < 4.78 is 54.5. The van der Waals surface area contributed by atoms with E-state index in [9.17, 15) is 0 Å². The highest BCUT2D eigenvalue weighted by Crippen LogP contribution is 2.56. The number of furan rings is 5. The fourth-order valence-corrected chi connectivity index (χ4v) is 21.2. The Morgan fingerprint density at radius 2 is 0.531 bits per heavy atom. The highest BCUT2D eigenvalue weighted by molar-refractivity contribution is 6.15. The Morgan fingerprint density at radius 1 is 0.252 bits per heavy atom. The fourth-order valence-electron chi connectivity index (χ4n) is 21.2. The van der Waals surface area contributed by atoms with Gasteiger partial charge in [-0.25, -0.2) is 54.8 Å². The van der Waals surface area contributed by atoms with E-state index >= 15 is 0 Å². The first-order valence-corrected chi connectivity index (χ1v) is 48.4. The minimum Gasteiger partial charge on any atom is -0.435 e. The van der Waals surface area contributed by atoms with E-state index in [4.69, 9.17) is 41.1 Å². The van der Waals surface area contributed by atoms with E-state index in [2.05, 4.69) is 294 Å². The molecule has 5 aliphatic heterocycles. The van der Waals surface area contributed by atoms with Gasteiger partial charge in [-0.05, 0) is 267 Å². The van der Waals surface area contributed by atoms with Gasteiger partial charge in [0.1, 0.15) is 30.8 Å². The molecule has 0 aliphatic carbocycles. The lowest BCUT2D eigenvalue weighted by molar-refractivity contribution is 0.383. The molecule has 0 N–H and O–H groups in total. The summed E-state index contributed by atoms with van der Waals surface area (Å²) in [6, 6.07) is 81.3. The molecular formula is C117H107N21O5. The van der Waals surface area contributed by atoms with Gasteiger partial charge in [-0.3, -0.25) is 14.7 Å². The zero-order chi connectivity index (χ0) is 101. The Labute approximate surface area is 831 Å². The number of fused-ring (bicyclic) bond motifs is 19. The predicted octanol–water partition coefficient (Wildman–Crippen LogP) is 28.5. The predicted molar refractivity (Wildman–Crippen MR) is 576 cm³/mol. The van der Waals surface area contributed by atoms with Crippen molar-refractivity contribution in [3.05, 3.63) is 342 Å². The Kier molecular flexibility index (Phi) is 21.4. The molecule has 0 amide bonds. The molecule has 0 bridgehead atoms. The van der Waals surface area contributed by atoms with Crippen molar-refractivity contribution in [1.82, 2.24) is 59.7 Å². The van der Waals surface area contributed by atoms with Crippen LogP contribution >= 0.6 is 0 Å². The van der Waals surface area contributed by atoms with Crippen molar-refractivity contribution in [2.75, 3.05) is 51.1 Å². The van der Waals surface area contributed by atoms with Crippen LogP contribution in [0.15, 0.2) is 308 Å². The van der Waals surface area contributed by atoms with Crippen molar-refractivity contribution < 1.29 is 26.2 Å². The third-order valence-corrected chi connectivity index (χ3v) is 28.0. The summed E-state index contributed by atoms with van der Waals surface area (Å²) in [4.78, 5) is 72.7. The lowest BCUT2D eigenvalue weighted by Crippen LogP contribution is -2.42. The molecular weight excluding hydrogens is 1780 g/mol. The van der Waals surface area contributed by atoms with Crippen molar-refractivity contribution in [3.8, 4) is 0 Å². The van der Waals surface area contributed by atoms with Crippen LogP contribution in [0.25, 0.3) is 110 Å². The standard InChI is InChI=1S/2C26H22N4O.C25H21N5O.C22H23N5O.C18H19N3O/c1-16-11-13-20-21-14-12-17(2)28-26(21)31-24(20)23(16)30-18(3)29(19-8-5-4-6-9-19)25-22(30)10-7-15-27-25;1-16-11-13-20-21-14-12-17(2)28-26(21)31-24(20)23(16)30-18(3)29(19-8-5-4-6-9-19)22-10-7-15-27-25(22)30;1-15-9-11-19-20-12-10-16(2)28-25(20)31-22(19)21(15)30-17(3)29(18-7-5-4-6-8-18)23-24(30)27-14-13-26-23;1-12(2)26-15(5)27(21-20(26)23-10-11-24-21)18-13(3)6-8-16-17-9-7-14(4)25-22(17)28-19(16)18;1-11-5-7-14-15-8-6-12(2)19-18(15)22-17(14)16(11)21-10-9-20(4)13(21)3/h2*4-15,18H,1-3H3;4-14,17H,1-3H3;6-12,15H,1-5H3;5-10,13H,1-4H3/i;;;;4D3. The molecule has 26 heteroatoms. The van der Waals surface area contributed by atoms with Gasteiger partial charge < -0.3 is 56.4 Å². The van der Waals surface area contributed by atoms with Crippen molar-refractivity contribution in [1.29, 1.82) is 0 Å². The summed E-state index contributed by atoms with van der Waals surface area (Å²) >= 11 is 0. The number of benzene rings is 8. The largest absolute Gasteiger partial charge is 0.435 e. The van der Waals surface area contributed by atoms with Crippen LogP contribution in [0.3, 0.4) is 0 Å². The summed E-state index contributed by atoms with van der Waals surface area (Å²) in [7, 11) is 0. The van der Waals surface area contributed by atoms with Gasteiger partial charge in [0.25, 0.3) is 0 Å². The minimum absolute atomic E-state index is 0.0273. The van der Waals surface area contributed by atoms with Gasteiger partial charge in [-0.2, -0.15) is 0 Å². The van der Waals surface area contributed by atoms with E-state index in [0.717, 1.165) is 230 Å². The van der Waals surface area contributed by atoms with Gasteiger partial charge in [0.2, 0.25) is 28.6 Å². The van der Waals surface area contributed by atoms with Crippen molar-refractivity contribution in [2.24, 2.45) is 0 Å². The normalized spacial score (nSPS) is 16.7. The highest BCUT2D eigenvalue weighted by atomic mass is 16.4. The second-order valence-electron chi connectivity index (χ2n) is 37.5. The third kappa shape index (κ3) is 15.0. The highest BCUT2D eigenvalue weighted by Gasteiger charge is 2.45. The zero-order valence-corrected chi connectivity index (χ0v) is 82.5. The van der Waals surface area contributed by atoms with E-state index in [1.165, 1.54) is 4.90 Å². The van der Waals surface area contributed by atoms with Gasteiger partial charge in [0.05, 0.1) is 39.8 Å². The zero-order valence-electron chi connectivity index (χ0n) is 85.5. The molecule has 26 nitrogen and oxygen atoms in total. The SMILES string of the molecule is Cc1ccc2c(n1)oc1c(N3c4cccnc4N(c4ccccc4)C3C)c(C)ccc12.Cc1ccc2c(n1)oc1c(N3c4ncccc4N(c4ccccc4)C3C)c(C)ccc12.Cc1ccc2c(n1)oc1c(N3c4nccnc4N(C(C)C)C3C)c(C)ccc12.Cc1ccc2c(n1)oc1c(N3c4nccnc4N(c4ccccc4)C3C)c(C)ccc12.[2H]C([2H])([2H])N1C=CN(c2c(C)ccc3c2oc2nc(C)ccc23)C1C. The molecule has 5 atom stereocenters. The summed E-state index contributed by atoms with van der Waals surface area (Å²) in [6.45, 7) is 33.2. The Balaban J connectivity index is 0.000000101. The fraction of sp³-hybridized carbons (Fsp3) is 0.205. The van der Waals surface area contributed by atoms with Crippen LogP contribution in [-0.4, -0.2) is 104 Å². The smallest absolute Gasteiger partial charge is 0.227 e. The monoisotopic (exact) mass is 1890 g/mol. The molecule has 0 radical (unpaired) electrons. The quantitative estimate of drug-likeness (QED) is 0.130. The van der Waals surface area contributed by atoms with Crippen molar-refractivity contribution in [2.45, 2.75) is 155 Å². The van der Waals surface area contributed by atoms with Gasteiger partial charge >= 0.3 is 0 Å². The third-order valence-electron chi connectivity index (χ3n) is 28.0. The van der Waals surface area contributed by atoms with Crippen LogP contribution in [0.1, 0.15) is 109 Å². The first-order valence-electron chi connectivity index (χ1n) is 49.9. The average molecular weight is 1890 g/mol. The number of hydrogen-bond acceptors (Lipinski definition) is 26. The maximum atomic E-state index is 7.69. The van der Waals surface area contributed by atoms with Crippen LogP contribution in [0.5, 0.6) is 0 Å². The molecule has 143 heavy (non-hydrogen) atoms. The number of aryl methyl sites for hydroxylation is 10. The molecule has 27 rings (SSSR count). The second kappa shape index (κ2) is 35.5. The lowest BCUT2D eigenvalue weighted by atomic mass is 10.1. The Hall–Kier alpha value is -17.3. The average Bonchev–Trinajstić information content (AvgIpc) is 1.57. The molecule has 710 valence electrons. The Bertz CT molecular complexity index is 8390. The minimum atomic E-state index is -2.18. The molecule has 19 heterocycles. The first kappa shape index (κ1) is 86.1. The van der Waals surface area contributed by atoms with Crippen molar-refractivity contribution in [3.63, 3.8) is 0 Å².